The van der Waals surface area contributed by atoms with Gasteiger partial charge in [0.05, 0.1) is 43.3 Å². The Bertz CT molecular complexity index is 921. The van der Waals surface area contributed by atoms with Gasteiger partial charge in [0.15, 0.2) is 11.5 Å². The van der Waals surface area contributed by atoms with E-state index in [0.717, 1.165) is 24.1 Å². The minimum Gasteiger partial charge on any atom is -0.493 e. The maximum Gasteiger partial charge on any atom is 0.307 e. The van der Waals surface area contributed by atoms with E-state index in [1.165, 1.54) is 0 Å². The number of likely N-dealkylation sites (tertiary alicyclic amines) is 1. The molecule has 1 aliphatic rings. The number of carboxylic acid groups (broad SMARTS) is 1. The average molecular weight is 454 g/mol. The van der Waals surface area contributed by atoms with Gasteiger partial charge in [-0.25, -0.2) is 0 Å². The van der Waals surface area contributed by atoms with Crippen molar-refractivity contribution >= 4 is 29.2 Å². The number of carboxylic acids is 1. The molecule has 0 bridgehead atoms. The number of rotatable bonds is 7. The van der Waals surface area contributed by atoms with Crippen molar-refractivity contribution in [2.45, 2.75) is 18.9 Å². The number of carbonyl (C=O) groups is 1. The Morgan fingerprint density at radius 2 is 1.80 bits per heavy atom. The molecule has 0 saturated carbocycles. The quantitative estimate of drug-likeness (QED) is 0.642. The van der Waals surface area contributed by atoms with Gasteiger partial charge in [0.2, 0.25) is 5.75 Å². The lowest BCUT2D eigenvalue weighted by atomic mass is 9.90. The summed E-state index contributed by atoms with van der Waals surface area (Å²) in [4.78, 5) is 13.8. The Morgan fingerprint density at radius 3 is 2.40 bits per heavy atom. The number of hydrogen-bond acceptors (Lipinski definition) is 5. The third-order valence-corrected chi connectivity index (χ3v) is 6.19. The predicted octanol–water partition coefficient (Wildman–Crippen LogP) is 4.91. The van der Waals surface area contributed by atoms with Gasteiger partial charge in [-0.3, -0.25) is 9.69 Å². The van der Waals surface area contributed by atoms with Crippen molar-refractivity contribution in [2.24, 2.45) is 5.92 Å². The van der Waals surface area contributed by atoms with Crippen LogP contribution in [0, 0.1) is 5.92 Å². The zero-order valence-corrected chi connectivity index (χ0v) is 18.7. The largest absolute Gasteiger partial charge is 0.493 e. The van der Waals surface area contributed by atoms with Crippen LogP contribution >= 0.6 is 23.2 Å². The van der Waals surface area contributed by atoms with Crippen molar-refractivity contribution < 1.29 is 24.1 Å². The van der Waals surface area contributed by atoms with Gasteiger partial charge in [-0.1, -0.05) is 29.3 Å². The van der Waals surface area contributed by atoms with Crippen molar-refractivity contribution in [3.05, 3.63) is 51.5 Å². The second kappa shape index (κ2) is 9.77. The van der Waals surface area contributed by atoms with Gasteiger partial charge in [-0.05, 0) is 49.2 Å². The van der Waals surface area contributed by atoms with Crippen LogP contribution in [-0.2, 0) is 4.79 Å². The smallest absolute Gasteiger partial charge is 0.307 e. The van der Waals surface area contributed by atoms with Crippen LogP contribution in [-0.4, -0.2) is 50.4 Å². The number of benzene rings is 2. The first-order valence-corrected chi connectivity index (χ1v) is 10.4. The highest BCUT2D eigenvalue weighted by Crippen LogP contribution is 2.46. The van der Waals surface area contributed by atoms with Gasteiger partial charge in [0.1, 0.15) is 0 Å². The first kappa shape index (κ1) is 22.5. The second-order valence-corrected chi connectivity index (χ2v) is 7.99. The molecule has 0 aromatic heterocycles. The standard InChI is InChI=1S/C22H25Cl2NO5/c1-28-18-9-7-15(20(29-2)21(18)30-3)19(13-6-8-16(23)17(24)11-13)25-10-4-5-14(12-25)22(26)27/h6-9,11,14,19H,4-5,10,12H2,1-3H3,(H,26,27). The third-order valence-electron chi connectivity index (χ3n) is 5.46. The molecular formula is C22H25Cl2NO5. The molecule has 6 nitrogen and oxygen atoms in total. The number of piperidine rings is 1. The van der Waals surface area contributed by atoms with Crippen LogP contribution in [0.15, 0.2) is 30.3 Å². The maximum atomic E-state index is 11.7. The van der Waals surface area contributed by atoms with E-state index in [-0.39, 0.29) is 6.04 Å². The first-order valence-electron chi connectivity index (χ1n) is 9.61. The normalized spacial score (nSPS) is 18.0. The monoisotopic (exact) mass is 453 g/mol. The Kier molecular flexibility index (Phi) is 7.34. The molecule has 1 aliphatic heterocycles. The summed E-state index contributed by atoms with van der Waals surface area (Å²) in [5, 5.41) is 10.5. The third kappa shape index (κ3) is 4.46. The lowest BCUT2D eigenvalue weighted by molar-refractivity contribution is -0.143. The molecule has 0 radical (unpaired) electrons. The summed E-state index contributed by atoms with van der Waals surface area (Å²) in [5.74, 6) is 0.342. The number of methoxy groups -OCH3 is 3. The highest BCUT2D eigenvalue weighted by atomic mass is 35.5. The van der Waals surface area contributed by atoms with E-state index in [9.17, 15) is 9.90 Å². The molecular weight excluding hydrogens is 429 g/mol. The fourth-order valence-electron chi connectivity index (χ4n) is 4.05. The Hall–Kier alpha value is -2.15. The SMILES string of the molecule is COc1ccc(C(c2ccc(Cl)c(Cl)c2)N2CCCC(C(=O)O)C2)c(OC)c1OC. The Labute approximate surface area is 186 Å². The van der Waals surface area contributed by atoms with Gasteiger partial charge in [-0.2, -0.15) is 0 Å². The molecule has 1 heterocycles. The van der Waals surface area contributed by atoms with Crippen LogP contribution in [0.25, 0.3) is 0 Å². The summed E-state index contributed by atoms with van der Waals surface area (Å²) in [5.41, 5.74) is 1.72. The van der Waals surface area contributed by atoms with E-state index in [1.54, 1.807) is 27.4 Å². The van der Waals surface area contributed by atoms with Gasteiger partial charge in [-0.15, -0.1) is 0 Å². The lowest BCUT2D eigenvalue weighted by Crippen LogP contribution is -2.41. The van der Waals surface area contributed by atoms with Crippen molar-refractivity contribution in [1.29, 1.82) is 0 Å². The number of hydrogen-bond donors (Lipinski definition) is 1. The molecule has 0 spiro atoms. The van der Waals surface area contributed by atoms with Crippen LogP contribution in [0.1, 0.15) is 30.0 Å². The minimum atomic E-state index is -0.785. The maximum absolute atomic E-state index is 11.7. The fraction of sp³-hybridized carbons (Fsp3) is 0.409. The highest BCUT2D eigenvalue weighted by Gasteiger charge is 2.34. The van der Waals surface area contributed by atoms with Gasteiger partial charge >= 0.3 is 5.97 Å². The molecule has 30 heavy (non-hydrogen) atoms. The fourth-order valence-corrected chi connectivity index (χ4v) is 4.36. The van der Waals surface area contributed by atoms with Crippen LogP contribution in [0.4, 0.5) is 0 Å². The van der Waals surface area contributed by atoms with Crippen molar-refractivity contribution in [3.63, 3.8) is 0 Å². The zero-order valence-electron chi connectivity index (χ0n) is 17.2. The minimum absolute atomic E-state index is 0.295. The molecule has 162 valence electrons. The highest BCUT2D eigenvalue weighted by molar-refractivity contribution is 6.42. The summed E-state index contributed by atoms with van der Waals surface area (Å²) in [7, 11) is 4.69. The molecule has 2 atom stereocenters. The molecule has 2 aromatic rings. The average Bonchev–Trinajstić information content (AvgIpc) is 2.76. The van der Waals surface area contributed by atoms with Gasteiger partial charge in [0, 0.05) is 12.1 Å². The predicted molar refractivity (Wildman–Crippen MR) is 116 cm³/mol. The Balaban J connectivity index is 2.17. The molecule has 1 saturated heterocycles. The van der Waals surface area contributed by atoms with E-state index in [0.29, 0.717) is 40.3 Å². The van der Waals surface area contributed by atoms with Crippen molar-refractivity contribution in [2.75, 3.05) is 34.4 Å². The Morgan fingerprint density at radius 1 is 1.07 bits per heavy atom. The van der Waals surface area contributed by atoms with E-state index in [2.05, 4.69) is 4.90 Å². The van der Waals surface area contributed by atoms with Crippen LogP contribution in [0.5, 0.6) is 17.2 Å². The molecule has 2 unspecified atom stereocenters. The lowest BCUT2D eigenvalue weighted by Gasteiger charge is -2.38. The van der Waals surface area contributed by atoms with Crippen LogP contribution in [0.2, 0.25) is 10.0 Å². The number of halogens is 2. The van der Waals surface area contributed by atoms with Crippen molar-refractivity contribution in [1.82, 2.24) is 4.90 Å². The number of nitrogens with zero attached hydrogens (tertiary/aromatic N) is 1. The van der Waals surface area contributed by atoms with Crippen LogP contribution in [0.3, 0.4) is 0 Å². The molecule has 0 amide bonds. The number of ether oxygens (including phenoxy) is 3. The summed E-state index contributed by atoms with van der Waals surface area (Å²) < 4.78 is 16.7. The summed E-state index contributed by atoms with van der Waals surface area (Å²) in [6.45, 7) is 1.16. The van der Waals surface area contributed by atoms with Gasteiger partial charge < -0.3 is 19.3 Å². The van der Waals surface area contributed by atoms with Gasteiger partial charge in [0.25, 0.3) is 0 Å². The molecule has 0 aliphatic carbocycles. The second-order valence-electron chi connectivity index (χ2n) is 7.17. The molecule has 3 rings (SSSR count). The molecule has 8 heteroatoms. The van der Waals surface area contributed by atoms with E-state index in [1.807, 2.05) is 24.3 Å². The zero-order chi connectivity index (χ0) is 21.8. The first-order chi connectivity index (χ1) is 14.4. The number of aliphatic carboxylic acids is 1. The topological polar surface area (TPSA) is 68.2 Å². The summed E-state index contributed by atoms with van der Waals surface area (Å²) in [6, 6.07) is 8.90. The van der Waals surface area contributed by atoms with E-state index in [4.69, 9.17) is 37.4 Å². The molecule has 1 fully saturated rings. The van der Waals surface area contributed by atoms with Crippen molar-refractivity contribution in [3.8, 4) is 17.2 Å². The summed E-state index contributed by atoms with van der Waals surface area (Å²) >= 11 is 12.5. The molecule has 2 aromatic carbocycles. The van der Waals surface area contributed by atoms with Crippen LogP contribution < -0.4 is 14.2 Å². The summed E-state index contributed by atoms with van der Waals surface area (Å²) in [6.07, 6.45) is 1.44. The molecule has 1 N–H and O–H groups in total. The van der Waals surface area contributed by atoms with E-state index >= 15 is 0 Å². The van der Waals surface area contributed by atoms with E-state index < -0.39 is 11.9 Å².